The lowest BCUT2D eigenvalue weighted by molar-refractivity contribution is 0.0367. The van der Waals surface area contributed by atoms with Crippen LogP contribution in [-0.4, -0.2) is 25.7 Å². The topological polar surface area (TPSA) is 63.6 Å². The number of hydrogen-bond donors (Lipinski definition) is 1. The van der Waals surface area contributed by atoms with Gasteiger partial charge in [-0.1, -0.05) is 17.7 Å². The quantitative estimate of drug-likeness (QED) is 0.860. The fourth-order valence-corrected chi connectivity index (χ4v) is 4.41. The third kappa shape index (κ3) is 2.42. The van der Waals surface area contributed by atoms with Gasteiger partial charge in [-0.3, -0.25) is 4.18 Å². The van der Waals surface area contributed by atoms with Crippen molar-refractivity contribution in [1.29, 1.82) is 0 Å². The molecule has 0 radical (unpaired) electrons. The minimum absolute atomic E-state index is 0.0229. The molecule has 1 aromatic carbocycles. The average molecular weight is 282 g/mol. The molecule has 2 saturated carbocycles. The summed E-state index contributed by atoms with van der Waals surface area (Å²) in [5, 5.41) is 9.82. The average Bonchev–Trinajstić information content (AvgIpc) is 2.87. The molecule has 0 spiro atoms. The van der Waals surface area contributed by atoms with Crippen molar-refractivity contribution in [2.24, 2.45) is 11.8 Å². The van der Waals surface area contributed by atoms with Gasteiger partial charge in [-0.15, -0.1) is 0 Å². The van der Waals surface area contributed by atoms with E-state index >= 15 is 0 Å². The van der Waals surface area contributed by atoms with Crippen molar-refractivity contribution in [2.45, 2.75) is 43.3 Å². The largest absolute Gasteiger partial charge is 0.393 e. The number of hydrogen-bond acceptors (Lipinski definition) is 4. The van der Waals surface area contributed by atoms with Crippen LogP contribution in [0.3, 0.4) is 0 Å². The van der Waals surface area contributed by atoms with E-state index < -0.39 is 16.2 Å². The third-order valence-corrected chi connectivity index (χ3v) is 5.63. The second-order valence-corrected chi connectivity index (χ2v) is 7.28. The normalized spacial score (nSPS) is 33.8. The molecule has 0 unspecified atom stereocenters. The first-order chi connectivity index (χ1) is 8.95. The first-order valence-electron chi connectivity index (χ1n) is 6.64. The molecule has 2 aliphatic rings. The number of aryl methyl sites for hydroxylation is 1. The van der Waals surface area contributed by atoms with Crippen molar-refractivity contribution in [2.75, 3.05) is 0 Å². The molecule has 0 heterocycles. The molecule has 5 heteroatoms. The molecule has 0 aliphatic heterocycles. The smallest absolute Gasteiger partial charge is 0.297 e. The third-order valence-electron chi connectivity index (χ3n) is 4.28. The Hall–Kier alpha value is -0.910. The van der Waals surface area contributed by atoms with E-state index in [1.165, 1.54) is 0 Å². The summed E-state index contributed by atoms with van der Waals surface area (Å²) in [6, 6.07) is 6.64. The molecule has 19 heavy (non-hydrogen) atoms. The second kappa shape index (κ2) is 4.58. The number of aliphatic hydroxyl groups is 1. The summed E-state index contributed by atoms with van der Waals surface area (Å²) in [7, 11) is -3.72. The van der Waals surface area contributed by atoms with Gasteiger partial charge in [0.15, 0.2) is 0 Å². The Morgan fingerprint density at radius 3 is 2.42 bits per heavy atom. The molecule has 0 saturated heterocycles. The van der Waals surface area contributed by atoms with E-state index in [-0.39, 0.29) is 16.9 Å². The highest BCUT2D eigenvalue weighted by molar-refractivity contribution is 7.86. The van der Waals surface area contributed by atoms with Gasteiger partial charge in [-0.25, -0.2) is 0 Å². The summed E-state index contributed by atoms with van der Waals surface area (Å²) in [5.74, 6) is 0.392. The Morgan fingerprint density at radius 1 is 1.16 bits per heavy atom. The van der Waals surface area contributed by atoms with Gasteiger partial charge in [0.25, 0.3) is 10.1 Å². The molecule has 3 rings (SSSR count). The molecule has 4 atom stereocenters. The molecule has 2 aliphatic carbocycles. The van der Waals surface area contributed by atoms with Gasteiger partial charge >= 0.3 is 0 Å². The van der Waals surface area contributed by atoms with Crippen molar-refractivity contribution in [3.8, 4) is 0 Å². The molecule has 2 fully saturated rings. The number of rotatable bonds is 3. The van der Waals surface area contributed by atoms with Crippen LogP contribution in [-0.2, 0) is 14.3 Å². The minimum Gasteiger partial charge on any atom is -0.393 e. The highest BCUT2D eigenvalue weighted by atomic mass is 32.2. The van der Waals surface area contributed by atoms with E-state index in [4.69, 9.17) is 4.18 Å². The molecule has 0 aromatic heterocycles. The highest BCUT2D eigenvalue weighted by Crippen LogP contribution is 2.46. The molecular formula is C14H18O4S. The lowest BCUT2D eigenvalue weighted by Crippen LogP contribution is -2.32. The van der Waals surface area contributed by atoms with Gasteiger partial charge in [-0.2, -0.15) is 8.42 Å². The maximum atomic E-state index is 12.2. The van der Waals surface area contributed by atoms with Crippen molar-refractivity contribution in [1.82, 2.24) is 0 Å². The van der Waals surface area contributed by atoms with E-state index in [9.17, 15) is 13.5 Å². The van der Waals surface area contributed by atoms with Crippen molar-refractivity contribution >= 4 is 10.1 Å². The summed E-state index contributed by atoms with van der Waals surface area (Å²) in [5.41, 5.74) is 1.01. The van der Waals surface area contributed by atoms with Crippen LogP contribution in [0.4, 0.5) is 0 Å². The van der Waals surface area contributed by atoms with Crippen molar-refractivity contribution in [3.05, 3.63) is 29.8 Å². The fourth-order valence-electron chi connectivity index (χ4n) is 3.28. The van der Waals surface area contributed by atoms with Crippen LogP contribution < -0.4 is 0 Å². The van der Waals surface area contributed by atoms with E-state index in [0.717, 1.165) is 24.8 Å². The predicted molar refractivity (Wildman–Crippen MR) is 70.1 cm³/mol. The Balaban J connectivity index is 1.77. The van der Waals surface area contributed by atoms with Crippen LogP contribution in [0.1, 0.15) is 24.8 Å². The summed E-state index contributed by atoms with van der Waals surface area (Å²) < 4.78 is 29.7. The van der Waals surface area contributed by atoms with Gasteiger partial charge in [0.05, 0.1) is 17.1 Å². The number of fused-ring (bicyclic) bond motifs is 2. The van der Waals surface area contributed by atoms with Gasteiger partial charge in [0.1, 0.15) is 0 Å². The molecule has 104 valence electrons. The Morgan fingerprint density at radius 2 is 1.84 bits per heavy atom. The van der Waals surface area contributed by atoms with Gasteiger partial charge in [-0.05, 0) is 44.2 Å². The lowest BCUT2D eigenvalue weighted by atomic mass is 9.95. The predicted octanol–water partition coefficient (Wildman–Crippen LogP) is 1.86. The summed E-state index contributed by atoms with van der Waals surface area (Å²) >= 11 is 0. The van der Waals surface area contributed by atoms with Gasteiger partial charge < -0.3 is 5.11 Å². The number of benzene rings is 1. The monoisotopic (exact) mass is 282 g/mol. The molecule has 1 aromatic rings. The van der Waals surface area contributed by atoms with Crippen molar-refractivity contribution in [3.63, 3.8) is 0 Å². The van der Waals surface area contributed by atoms with Crippen LogP contribution in [0.15, 0.2) is 29.2 Å². The zero-order valence-corrected chi connectivity index (χ0v) is 11.6. The van der Waals surface area contributed by atoms with Crippen molar-refractivity contribution < 1.29 is 17.7 Å². The zero-order chi connectivity index (χ0) is 13.6. The second-order valence-electron chi connectivity index (χ2n) is 5.71. The minimum atomic E-state index is -3.72. The maximum absolute atomic E-state index is 12.2. The van der Waals surface area contributed by atoms with Crippen LogP contribution in [0.25, 0.3) is 0 Å². The molecular weight excluding hydrogens is 264 g/mol. The first-order valence-corrected chi connectivity index (χ1v) is 8.04. The fraction of sp³-hybridized carbons (Fsp3) is 0.571. The summed E-state index contributed by atoms with van der Waals surface area (Å²) in [6.07, 6.45) is 1.65. The Bertz CT molecular complexity index is 564. The lowest BCUT2D eigenvalue weighted by Gasteiger charge is -2.25. The van der Waals surface area contributed by atoms with Crippen LogP contribution in [0.2, 0.25) is 0 Å². The van der Waals surface area contributed by atoms with Gasteiger partial charge in [0, 0.05) is 5.92 Å². The molecule has 0 amide bonds. The molecule has 4 nitrogen and oxygen atoms in total. The van der Waals surface area contributed by atoms with Crippen LogP contribution >= 0.6 is 0 Å². The van der Waals surface area contributed by atoms with E-state index in [0.29, 0.717) is 5.92 Å². The van der Waals surface area contributed by atoms with E-state index in [1.807, 2.05) is 6.92 Å². The van der Waals surface area contributed by atoms with E-state index in [2.05, 4.69) is 0 Å². The molecule has 1 N–H and O–H groups in total. The van der Waals surface area contributed by atoms with Gasteiger partial charge in [0.2, 0.25) is 0 Å². The van der Waals surface area contributed by atoms with E-state index in [1.54, 1.807) is 24.3 Å². The number of aliphatic hydroxyl groups excluding tert-OH is 1. The SMILES string of the molecule is Cc1ccc(S(=O)(=O)O[C@H]2C[C@@H]3C[C@H]2[C@H](O)C3)cc1. The maximum Gasteiger partial charge on any atom is 0.297 e. The van der Waals surface area contributed by atoms with Crippen LogP contribution in [0, 0.1) is 18.8 Å². The summed E-state index contributed by atoms with van der Waals surface area (Å²) in [6.45, 7) is 1.91. The van der Waals surface area contributed by atoms with Crippen LogP contribution in [0.5, 0.6) is 0 Å². The first kappa shape index (κ1) is 13.1. The summed E-state index contributed by atoms with van der Waals surface area (Å²) in [4.78, 5) is 0.190. The molecule has 2 bridgehead atoms. The highest BCUT2D eigenvalue weighted by Gasteiger charge is 2.47. The Kier molecular flexibility index (Phi) is 3.15. The Labute approximate surface area is 113 Å². The standard InChI is InChI=1S/C14H18O4S/c1-9-2-4-11(5-3-9)19(16,17)18-14-8-10-6-12(14)13(15)7-10/h2-5,10,12-15H,6-8H2,1H3/t10-,12+,13-,14+/m1/s1. The zero-order valence-electron chi connectivity index (χ0n) is 10.8.